The lowest BCUT2D eigenvalue weighted by atomic mass is 10.0. The van der Waals surface area contributed by atoms with E-state index in [4.69, 9.17) is 0 Å². The number of carbonyl (C=O) groups excluding carboxylic acids is 3. The van der Waals surface area contributed by atoms with Crippen LogP contribution in [0.15, 0.2) is 66.4 Å². The molecule has 0 saturated heterocycles. The largest absolute Gasteiger partial charge is 0.350 e. The number of carbonyl (C=O) groups is 3. The van der Waals surface area contributed by atoms with Crippen molar-refractivity contribution < 1.29 is 14.4 Å². The average Bonchev–Trinajstić information content (AvgIpc) is 3.01. The first-order valence-corrected chi connectivity index (χ1v) is 11.1. The maximum absolute atomic E-state index is 13.7. The molecule has 0 bridgehead atoms. The van der Waals surface area contributed by atoms with Crippen LogP contribution < -0.4 is 15.5 Å². The summed E-state index contributed by atoms with van der Waals surface area (Å²) in [4.78, 5) is 39.9. The van der Waals surface area contributed by atoms with E-state index in [9.17, 15) is 14.4 Å². The molecule has 0 spiro atoms. The van der Waals surface area contributed by atoms with Gasteiger partial charge in [0.2, 0.25) is 5.91 Å². The number of benzene rings is 3. The van der Waals surface area contributed by atoms with Crippen molar-refractivity contribution in [3.05, 3.63) is 94.2 Å². The fraction of sp³-hybridized carbons (Fsp3) is 0.179. The van der Waals surface area contributed by atoms with Gasteiger partial charge in [-0.1, -0.05) is 35.9 Å². The van der Waals surface area contributed by atoms with Crippen molar-refractivity contribution in [2.45, 2.75) is 34.6 Å². The van der Waals surface area contributed by atoms with Crippen molar-refractivity contribution in [1.82, 2.24) is 0 Å². The lowest BCUT2D eigenvalue weighted by Crippen LogP contribution is -2.33. The number of nitrogens with one attached hydrogen (secondary N) is 2. The lowest BCUT2D eigenvalue weighted by molar-refractivity contribution is -0.120. The van der Waals surface area contributed by atoms with E-state index in [-0.39, 0.29) is 17.2 Å². The second-order valence-electron chi connectivity index (χ2n) is 8.67. The van der Waals surface area contributed by atoms with Crippen LogP contribution in [0.5, 0.6) is 0 Å². The molecule has 1 aliphatic heterocycles. The summed E-state index contributed by atoms with van der Waals surface area (Å²) < 4.78 is 0. The third kappa shape index (κ3) is 4.35. The zero-order valence-electron chi connectivity index (χ0n) is 19.9. The van der Waals surface area contributed by atoms with Crippen LogP contribution in [0, 0.1) is 27.7 Å². The molecule has 0 saturated carbocycles. The van der Waals surface area contributed by atoms with Crippen molar-refractivity contribution in [3.63, 3.8) is 0 Å². The topological polar surface area (TPSA) is 78.5 Å². The Labute approximate surface area is 199 Å². The summed E-state index contributed by atoms with van der Waals surface area (Å²) in [5, 5.41) is 5.93. The van der Waals surface area contributed by atoms with E-state index in [2.05, 4.69) is 10.6 Å². The first kappa shape index (κ1) is 23.0. The van der Waals surface area contributed by atoms with Crippen molar-refractivity contribution in [3.8, 4) is 0 Å². The summed E-state index contributed by atoms with van der Waals surface area (Å²) in [6.07, 6.45) is 0. The molecule has 3 aromatic carbocycles. The highest BCUT2D eigenvalue weighted by molar-refractivity contribution is 6.46. The summed E-state index contributed by atoms with van der Waals surface area (Å²) in [6.45, 7) is 9.31. The third-order valence-corrected chi connectivity index (χ3v) is 5.95. The van der Waals surface area contributed by atoms with Gasteiger partial charge in [0.15, 0.2) is 0 Å². The van der Waals surface area contributed by atoms with Crippen molar-refractivity contribution in [1.29, 1.82) is 0 Å². The molecule has 6 heteroatoms. The van der Waals surface area contributed by atoms with E-state index >= 15 is 0 Å². The highest BCUT2D eigenvalue weighted by Crippen LogP contribution is 2.36. The van der Waals surface area contributed by atoms with Gasteiger partial charge in [-0.2, -0.15) is 0 Å². The molecular weight excluding hydrogens is 426 g/mol. The molecule has 172 valence electrons. The second kappa shape index (κ2) is 8.98. The standard InChI is InChI=1S/C28H27N3O3/c1-16-6-13-24(19(4)14-16)31-27(33)25(21-8-11-22(12-9-21)29-20(5)32)26(28(31)34)30-23-10-7-17(2)18(3)15-23/h6-15,30H,1-5H3,(H,29,32). The lowest BCUT2D eigenvalue weighted by Gasteiger charge is -2.18. The Morgan fingerprint density at radius 2 is 1.41 bits per heavy atom. The van der Waals surface area contributed by atoms with Gasteiger partial charge in [-0.25, -0.2) is 4.90 Å². The second-order valence-corrected chi connectivity index (χ2v) is 8.67. The molecule has 3 amide bonds. The van der Waals surface area contributed by atoms with Gasteiger partial charge < -0.3 is 10.6 Å². The molecular formula is C28H27N3O3. The summed E-state index contributed by atoms with van der Waals surface area (Å²) >= 11 is 0. The monoisotopic (exact) mass is 453 g/mol. The van der Waals surface area contributed by atoms with E-state index in [0.29, 0.717) is 16.9 Å². The molecule has 0 radical (unpaired) electrons. The Morgan fingerprint density at radius 1 is 0.735 bits per heavy atom. The minimum absolute atomic E-state index is 0.183. The van der Waals surface area contributed by atoms with Crippen LogP contribution in [0.2, 0.25) is 0 Å². The van der Waals surface area contributed by atoms with Crippen LogP contribution in [0.25, 0.3) is 5.57 Å². The predicted molar refractivity (Wildman–Crippen MR) is 136 cm³/mol. The quantitative estimate of drug-likeness (QED) is 0.516. The number of aryl methyl sites for hydroxylation is 4. The normalized spacial score (nSPS) is 13.5. The molecule has 3 aromatic rings. The number of rotatable bonds is 5. The number of amides is 3. The third-order valence-electron chi connectivity index (χ3n) is 5.95. The van der Waals surface area contributed by atoms with Crippen LogP contribution in [0.3, 0.4) is 0 Å². The number of hydrogen-bond donors (Lipinski definition) is 2. The molecule has 4 rings (SSSR count). The van der Waals surface area contributed by atoms with Gasteiger partial charge in [-0.3, -0.25) is 14.4 Å². The minimum Gasteiger partial charge on any atom is -0.350 e. The van der Waals surface area contributed by atoms with Crippen LogP contribution in [-0.4, -0.2) is 17.7 Å². The van der Waals surface area contributed by atoms with Crippen LogP contribution >= 0.6 is 0 Å². The van der Waals surface area contributed by atoms with Crippen molar-refractivity contribution in [2.75, 3.05) is 15.5 Å². The summed E-state index contributed by atoms with van der Waals surface area (Å²) in [5.74, 6) is -0.983. The van der Waals surface area contributed by atoms with Gasteiger partial charge in [-0.15, -0.1) is 0 Å². The van der Waals surface area contributed by atoms with E-state index in [0.717, 1.165) is 27.9 Å². The molecule has 1 aliphatic rings. The number of anilines is 3. The maximum atomic E-state index is 13.7. The van der Waals surface area contributed by atoms with Crippen LogP contribution in [0.4, 0.5) is 17.1 Å². The number of imide groups is 1. The minimum atomic E-state index is -0.406. The maximum Gasteiger partial charge on any atom is 0.282 e. The SMILES string of the molecule is CC(=O)Nc1ccc(C2=C(Nc3ccc(C)c(C)c3)C(=O)N(c3ccc(C)cc3C)C2=O)cc1. The molecule has 1 heterocycles. The molecule has 0 aromatic heterocycles. The van der Waals surface area contributed by atoms with Crippen LogP contribution in [0.1, 0.15) is 34.7 Å². The zero-order valence-corrected chi connectivity index (χ0v) is 19.9. The molecule has 0 aliphatic carbocycles. The molecule has 6 nitrogen and oxygen atoms in total. The smallest absolute Gasteiger partial charge is 0.282 e. The first-order valence-electron chi connectivity index (χ1n) is 11.1. The summed E-state index contributed by atoms with van der Waals surface area (Å²) in [5.41, 5.74) is 7.12. The van der Waals surface area contributed by atoms with E-state index < -0.39 is 11.8 Å². The Morgan fingerprint density at radius 3 is 2.03 bits per heavy atom. The fourth-order valence-electron chi connectivity index (χ4n) is 4.08. The Hall–Kier alpha value is -4.19. The molecule has 0 unspecified atom stereocenters. The van der Waals surface area contributed by atoms with Crippen molar-refractivity contribution >= 4 is 40.4 Å². The number of nitrogens with zero attached hydrogens (tertiary/aromatic N) is 1. The molecule has 2 N–H and O–H groups in total. The number of hydrogen-bond acceptors (Lipinski definition) is 4. The van der Waals surface area contributed by atoms with Crippen molar-refractivity contribution in [2.24, 2.45) is 0 Å². The highest BCUT2D eigenvalue weighted by Gasteiger charge is 2.40. The highest BCUT2D eigenvalue weighted by atomic mass is 16.2. The predicted octanol–water partition coefficient (Wildman–Crippen LogP) is 5.28. The zero-order chi connectivity index (χ0) is 24.6. The Kier molecular flexibility index (Phi) is 6.07. The molecule has 0 fully saturated rings. The average molecular weight is 454 g/mol. The van der Waals surface area contributed by atoms with E-state index in [1.165, 1.54) is 11.8 Å². The van der Waals surface area contributed by atoms with Gasteiger partial charge in [0.25, 0.3) is 11.8 Å². The van der Waals surface area contributed by atoms with E-state index in [1.54, 1.807) is 30.3 Å². The van der Waals surface area contributed by atoms with Gasteiger partial charge in [0.1, 0.15) is 5.70 Å². The van der Waals surface area contributed by atoms with Gasteiger partial charge in [0.05, 0.1) is 11.3 Å². The Balaban J connectivity index is 1.81. The summed E-state index contributed by atoms with van der Waals surface area (Å²) in [7, 11) is 0. The Bertz CT molecular complexity index is 1350. The van der Waals surface area contributed by atoms with Gasteiger partial charge in [-0.05, 0) is 80.3 Å². The van der Waals surface area contributed by atoms with Crippen LogP contribution in [-0.2, 0) is 14.4 Å². The van der Waals surface area contributed by atoms with Gasteiger partial charge >= 0.3 is 0 Å². The molecule has 0 atom stereocenters. The van der Waals surface area contributed by atoms with Gasteiger partial charge in [0, 0.05) is 18.3 Å². The summed E-state index contributed by atoms with van der Waals surface area (Å²) in [6, 6.07) is 18.4. The fourth-order valence-corrected chi connectivity index (χ4v) is 4.08. The molecule has 34 heavy (non-hydrogen) atoms. The first-order chi connectivity index (χ1) is 16.2. The van der Waals surface area contributed by atoms with E-state index in [1.807, 2.05) is 58.0 Å².